The molecule has 0 bridgehead atoms. The van der Waals surface area contributed by atoms with E-state index in [1.807, 2.05) is 0 Å². The molecule has 0 fully saturated rings. The Bertz CT molecular complexity index is 570. The fourth-order valence-electron chi connectivity index (χ4n) is 1.18. The van der Waals surface area contributed by atoms with Crippen LogP contribution in [0.2, 0.25) is 0 Å². The summed E-state index contributed by atoms with van der Waals surface area (Å²) in [5.41, 5.74) is -0.102. The van der Waals surface area contributed by atoms with Gasteiger partial charge in [0.1, 0.15) is 5.82 Å². The Morgan fingerprint density at radius 1 is 1.53 bits per heavy atom. The predicted octanol–water partition coefficient (Wildman–Crippen LogP) is 2.53. The van der Waals surface area contributed by atoms with Gasteiger partial charge in [0.2, 0.25) is 0 Å². The summed E-state index contributed by atoms with van der Waals surface area (Å²) in [4.78, 5) is 15.5. The van der Waals surface area contributed by atoms with Crippen LogP contribution in [0.4, 0.5) is 10.4 Å². The highest BCUT2D eigenvalue weighted by atomic mass is 79.9. The Morgan fingerprint density at radius 2 is 2.29 bits per heavy atom. The highest BCUT2D eigenvalue weighted by molar-refractivity contribution is 9.10. The van der Waals surface area contributed by atoms with Gasteiger partial charge in [-0.2, -0.15) is 4.98 Å². The van der Waals surface area contributed by atoms with Crippen LogP contribution in [0.15, 0.2) is 27.2 Å². The Balaban J connectivity index is 2.22. The molecule has 1 aromatic carbocycles. The maximum Gasteiger partial charge on any atom is 0.328 e. The molecule has 0 saturated carbocycles. The molecule has 0 aliphatic heterocycles. The van der Waals surface area contributed by atoms with E-state index in [4.69, 9.17) is 4.52 Å². The van der Waals surface area contributed by atoms with E-state index in [0.29, 0.717) is 10.3 Å². The smallest absolute Gasteiger partial charge is 0.315 e. The number of hydrogen-bond donors (Lipinski definition) is 1. The van der Waals surface area contributed by atoms with Crippen molar-refractivity contribution in [1.29, 1.82) is 0 Å². The molecule has 2 rings (SSSR count). The summed E-state index contributed by atoms with van der Waals surface area (Å²) in [7, 11) is 0. The third-order valence-corrected chi connectivity index (χ3v) is 2.41. The SMILES string of the molecule is Cc1noc(NC(=O)c2cc(Br)ccc2F)n1. The maximum absolute atomic E-state index is 13.4. The zero-order chi connectivity index (χ0) is 12.4. The Hall–Kier alpha value is -1.76. The van der Waals surface area contributed by atoms with Crippen molar-refractivity contribution in [3.8, 4) is 0 Å². The minimum atomic E-state index is -0.646. The minimum Gasteiger partial charge on any atom is -0.315 e. The summed E-state index contributed by atoms with van der Waals surface area (Å²) >= 11 is 3.16. The van der Waals surface area contributed by atoms with Crippen LogP contribution in [0, 0.1) is 12.7 Å². The largest absolute Gasteiger partial charge is 0.328 e. The number of aromatic nitrogens is 2. The minimum absolute atomic E-state index is 0.0631. The van der Waals surface area contributed by atoms with Crippen molar-refractivity contribution in [2.24, 2.45) is 0 Å². The Kier molecular flexibility index (Phi) is 3.19. The van der Waals surface area contributed by atoms with Crippen LogP contribution < -0.4 is 5.32 Å². The topological polar surface area (TPSA) is 68.0 Å². The van der Waals surface area contributed by atoms with Gasteiger partial charge in [0.15, 0.2) is 5.82 Å². The number of benzene rings is 1. The number of amides is 1. The maximum atomic E-state index is 13.4. The van der Waals surface area contributed by atoms with E-state index in [0.717, 1.165) is 0 Å². The zero-order valence-electron chi connectivity index (χ0n) is 8.70. The quantitative estimate of drug-likeness (QED) is 0.925. The van der Waals surface area contributed by atoms with Gasteiger partial charge in [-0.3, -0.25) is 10.1 Å². The van der Waals surface area contributed by atoms with Gasteiger partial charge in [-0.15, -0.1) is 0 Å². The van der Waals surface area contributed by atoms with Gasteiger partial charge in [0.25, 0.3) is 5.91 Å². The molecule has 0 saturated heterocycles. The van der Waals surface area contributed by atoms with Crippen LogP contribution in [0.25, 0.3) is 0 Å². The average molecular weight is 300 g/mol. The van der Waals surface area contributed by atoms with E-state index in [2.05, 4.69) is 31.4 Å². The van der Waals surface area contributed by atoms with Crippen molar-refractivity contribution in [2.75, 3.05) is 5.32 Å². The normalized spacial score (nSPS) is 10.3. The number of hydrogen-bond acceptors (Lipinski definition) is 4. The second-order valence-electron chi connectivity index (χ2n) is 3.23. The molecule has 17 heavy (non-hydrogen) atoms. The van der Waals surface area contributed by atoms with Crippen molar-refractivity contribution in [2.45, 2.75) is 6.92 Å². The van der Waals surface area contributed by atoms with Crippen LogP contribution >= 0.6 is 15.9 Å². The first-order chi connectivity index (χ1) is 8.06. The summed E-state index contributed by atoms with van der Waals surface area (Å²) in [6, 6.07) is 4.00. The van der Waals surface area contributed by atoms with Crippen LogP contribution in [-0.4, -0.2) is 16.0 Å². The van der Waals surface area contributed by atoms with E-state index < -0.39 is 11.7 Å². The molecule has 1 N–H and O–H groups in total. The lowest BCUT2D eigenvalue weighted by Gasteiger charge is -2.02. The molecule has 1 aromatic heterocycles. The van der Waals surface area contributed by atoms with E-state index in [9.17, 15) is 9.18 Å². The van der Waals surface area contributed by atoms with Crippen molar-refractivity contribution in [3.63, 3.8) is 0 Å². The van der Waals surface area contributed by atoms with Crippen molar-refractivity contribution in [1.82, 2.24) is 10.1 Å². The first-order valence-corrected chi connectivity index (χ1v) is 5.42. The zero-order valence-corrected chi connectivity index (χ0v) is 10.3. The Morgan fingerprint density at radius 3 is 2.94 bits per heavy atom. The second-order valence-corrected chi connectivity index (χ2v) is 4.14. The lowest BCUT2D eigenvalue weighted by molar-refractivity contribution is 0.101. The van der Waals surface area contributed by atoms with Crippen LogP contribution in [-0.2, 0) is 0 Å². The first-order valence-electron chi connectivity index (χ1n) is 4.63. The number of anilines is 1. The molecule has 0 radical (unpaired) electrons. The molecular weight excluding hydrogens is 293 g/mol. The molecule has 1 amide bonds. The summed E-state index contributed by atoms with van der Waals surface area (Å²) in [6.07, 6.45) is 0. The number of halogens is 2. The van der Waals surface area contributed by atoms with Gasteiger partial charge in [0, 0.05) is 4.47 Å². The number of nitrogens with zero attached hydrogens (tertiary/aromatic N) is 2. The molecule has 5 nitrogen and oxygen atoms in total. The van der Waals surface area contributed by atoms with Gasteiger partial charge < -0.3 is 4.52 Å². The van der Waals surface area contributed by atoms with Gasteiger partial charge in [-0.1, -0.05) is 21.1 Å². The molecule has 1 heterocycles. The molecule has 0 aliphatic carbocycles. The molecule has 0 unspecified atom stereocenters. The number of nitrogens with one attached hydrogen (secondary N) is 1. The molecule has 0 aliphatic rings. The molecule has 7 heteroatoms. The van der Waals surface area contributed by atoms with E-state index in [1.54, 1.807) is 6.92 Å². The summed E-state index contributed by atoms with van der Waals surface area (Å²) < 4.78 is 18.7. The standard InChI is InChI=1S/C10H7BrFN3O2/c1-5-13-10(17-15-5)14-9(16)7-4-6(11)2-3-8(7)12/h2-4H,1H3,(H,13,14,15,16). The van der Waals surface area contributed by atoms with E-state index >= 15 is 0 Å². The van der Waals surface area contributed by atoms with E-state index in [1.165, 1.54) is 18.2 Å². The summed E-state index contributed by atoms with van der Waals surface area (Å²) in [5, 5.41) is 5.81. The Labute approximate surface area is 104 Å². The molecule has 0 atom stereocenters. The van der Waals surface area contributed by atoms with Crippen molar-refractivity contribution >= 4 is 27.9 Å². The van der Waals surface area contributed by atoms with Crippen molar-refractivity contribution < 1.29 is 13.7 Å². The van der Waals surface area contributed by atoms with Gasteiger partial charge in [0.05, 0.1) is 5.56 Å². The fraction of sp³-hybridized carbons (Fsp3) is 0.100. The van der Waals surface area contributed by atoms with Crippen LogP contribution in [0.1, 0.15) is 16.2 Å². The lowest BCUT2D eigenvalue weighted by atomic mass is 10.2. The first kappa shape index (κ1) is 11.7. The third kappa shape index (κ3) is 2.68. The van der Waals surface area contributed by atoms with Gasteiger partial charge in [-0.25, -0.2) is 4.39 Å². The average Bonchev–Trinajstić information content (AvgIpc) is 2.67. The number of aryl methyl sites for hydroxylation is 1. The summed E-state index contributed by atoms with van der Waals surface area (Å²) in [5.74, 6) is -0.885. The van der Waals surface area contributed by atoms with Crippen molar-refractivity contribution in [3.05, 3.63) is 39.9 Å². The number of carbonyl (C=O) groups is 1. The van der Waals surface area contributed by atoms with Gasteiger partial charge in [-0.05, 0) is 25.1 Å². The third-order valence-electron chi connectivity index (χ3n) is 1.92. The van der Waals surface area contributed by atoms with Gasteiger partial charge >= 0.3 is 6.01 Å². The molecule has 2 aromatic rings. The number of rotatable bonds is 2. The molecule has 88 valence electrons. The fourth-order valence-corrected chi connectivity index (χ4v) is 1.54. The lowest BCUT2D eigenvalue weighted by Crippen LogP contribution is -2.14. The molecular formula is C10H7BrFN3O2. The van der Waals surface area contributed by atoms with E-state index in [-0.39, 0.29) is 11.6 Å². The highest BCUT2D eigenvalue weighted by Crippen LogP contribution is 2.16. The number of carbonyl (C=O) groups excluding carboxylic acids is 1. The predicted molar refractivity (Wildman–Crippen MR) is 61.1 cm³/mol. The highest BCUT2D eigenvalue weighted by Gasteiger charge is 2.14. The van der Waals surface area contributed by atoms with Crippen LogP contribution in [0.5, 0.6) is 0 Å². The second kappa shape index (κ2) is 4.62. The molecule has 0 spiro atoms. The van der Waals surface area contributed by atoms with Crippen LogP contribution in [0.3, 0.4) is 0 Å². The monoisotopic (exact) mass is 299 g/mol. The summed E-state index contributed by atoms with van der Waals surface area (Å²) in [6.45, 7) is 1.61.